The van der Waals surface area contributed by atoms with Crippen LogP contribution in [0.5, 0.6) is 5.75 Å². The van der Waals surface area contributed by atoms with Gasteiger partial charge in [-0.3, -0.25) is 0 Å². The molecule has 0 aliphatic carbocycles. The molecule has 0 spiro atoms. The van der Waals surface area contributed by atoms with Gasteiger partial charge in [0.2, 0.25) is 0 Å². The van der Waals surface area contributed by atoms with E-state index < -0.39 is 18.7 Å². The second-order valence-electron chi connectivity index (χ2n) is 3.70. The van der Waals surface area contributed by atoms with Gasteiger partial charge < -0.3 is 10.1 Å². The quantitative estimate of drug-likeness (QED) is 0.824. The molecule has 1 N–H and O–H groups in total. The zero-order valence-corrected chi connectivity index (χ0v) is 9.67. The van der Waals surface area contributed by atoms with Crippen molar-refractivity contribution < 1.29 is 22.7 Å². The Bertz CT molecular complexity index is 365. The van der Waals surface area contributed by atoms with Crippen molar-refractivity contribution in [1.82, 2.24) is 5.32 Å². The Kier molecular flexibility index (Phi) is 5.48. The van der Waals surface area contributed by atoms with Crippen LogP contribution in [0.1, 0.15) is 19.3 Å². The molecule has 0 bridgehead atoms. The largest absolute Gasteiger partial charge is 0.412 e. The van der Waals surface area contributed by atoms with E-state index in [9.17, 15) is 18.0 Å². The Morgan fingerprint density at radius 3 is 2.44 bits per heavy atom. The van der Waals surface area contributed by atoms with E-state index in [1.807, 2.05) is 0 Å². The minimum Gasteiger partial charge on any atom is -0.410 e. The maximum atomic E-state index is 11.8. The molecule has 0 aromatic heterocycles. The number of carbonyl (C=O) groups is 1. The van der Waals surface area contributed by atoms with Crippen molar-refractivity contribution in [3.8, 4) is 5.75 Å². The van der Waals surface area contributed by atoms with Crippen molar-refractivity contribution in [1.29, 1.82) is 0 Å². The van der Waals surface area contributed by atoms with Gasteiger partial charge in [-0.05, 0) is 25.0 Å². The SMILES string of the molecule is O=C(NCCCCC(F)(F)F)Oc1ccccc1. The number of benzene rings is 1. The molecule has 100 valence electrons. The number of alkyl halides is 3. The number of hydrogen-bond acceptors (Lipinski definition) is 2. The highest BCUT2D eigenvalue weighted by Crippen LogP contribution is 2.21. The second kappa shape index (κ2) is 6.88. The van der Waals surface area contributed by atoms with Crippen molar-refractivity contribution in [2.45, 2.75) is 25.4 Å². The van der Waals surface area contributed by atoms with E-state index in [0.29, 0.717) is 5.75 Å². The summed E-state index contributed by atoms with van der Waals surface area (Å²) < 4.78 is 40.3. The maximum Gasteiger partial charge on any atom is 0.412 e. The molecule has 3 nitrogen and oxygen atoms in total. The number of carbonyl (C=O) groups excluding carboxylic acids is 1. The minimum atomic E-state index is -4.13. The van der Waals surface area contributed by atoms with Crippen LogP contribution in [0.3, 0.4) is 0 Å². The lowest BCUT2D eigenvalue weighted by Crippen LogP contribution is -2.27. The van der Waals surface area contributed by atoms with Gasteiger partial charge in [-0.2, -0.15) is 13.2 Å². The maximum absolute atomic E-state index is 11.8. The highest BCUT2D eigenvalue weighted by atomic mass is 19.4. The van der Waals surface area contributed by atoms with E-state index in [4.69, 9.17) is 4.74 Å². The molecule has 0 atom stereocenters. The van der Waals surface area contributed by atoms with Crippen molar-refractivity contribution in [3.63, 3.8) is 0 Å². The summed E-state index contributed by atoms with van der Waals surface area (Å²) >= 11 is 0. The molecule has 0 aliphatic rings. The van der Waals surface area contributed by atoms with Crippen LogP contribution in [0, 0.1) is 0 Å². The highest BCUT2D eigenvalue weighted by molar-refractivity contribution is 5.70. The first kappa shape index (κ1) is 14.3. The summed E-state index contributed by atoms with van der Waals surface area (Å²) in [6.07, 6.45) is -5.36. The lowest BCUT2D eigenvalue weighted by molar-refractivity contribution is -0.135. The standard InChI is InChI=1S/C12H14F3NO2/c13-12(14,15)8-4-5-9-16-11(17)18-10-6-2-1-3-7-10/h1-3,6-7H,4-5,8-9H2,(H,16,17). The molecule has 0 saturated carbocycles. The van der Waals surface area contributed by atoms with Crippen LogP contribution < -0.4 is 10.1 Å². The van der Waals surface area contributed by atoms with Crippen LogP contribution in [-0.4, -0.2) is 18.8 Å². The third kappa shape index (κ3) is 6.78. The molecule has 1 rings (SSSR count). The summed E-state index contributed by atoms with van der Waals surface area (Å²) in [6, 6.07) is 8.44. The van der Waals surface area contributed by atoms with Crippen molar-refractivity contribution in [2.24, 2.45) is 0 Å². The molecule has 0 unspecified atom stereocenters. The molecule has 0 radical (unpaired) electrons. The Morgan fingerprint density at radius 2 is 1.83 bits per heavy atom. The van der Waals surface area contributed by atoms with E-state index in [0.717, 1.165) is 0 Å². The van der Waals surface area contributed by atoms with E-state index in [1.54, 1.807) is 30.3 Å². The summed E-state index contributed by atoms with van der Waals surface area (Å²) in [6.45, 7) is 0.168. The zero-order chi connectivity index (χ0) is 13.4. The zero-order valence-electron chi connectivity index (χ0n) is 9.67. The molecule has 0 fully saturated rings. The highest BCUT2D eigenvalue weighted by Gasteiger charge is 2.25. The lowest BCUT2D eigenvalue weighted by Gasteiger charge is -2.07. The topological polar surface area (TPSA) is 38.3 Å². The van der Waals surface area contributed by atoms with Gasteiger partial charge in [0.1, 0.15) is 5.75 Å². The molecule has 0 heterocycles. The van der Waals surface area contributed by atoms with Crippen LogP contribution >= 0.6 is 0 Å². The molecule has 6 heteroatoms. The molecule has 0 aliphatic heterocycles. The summed E-state index contributed by atoms with van der Waals surface area (Å²) in [7, 11) is 0. The Labute approximate surface area is 103 Å². The second-order valence-corrected chi connectivity index (χ2v) is 3.70. The van der Waals surface area contributed by atoms with Gasteiger partial charge in [0, 0.05) is 13.0 Å². The summed E-state index contributed by atoms with van der Waals surface area (Å²) in [5.74, 6) is 0.394. The van der Waals surface area contributed by atoms with Crippen LogP contribution in [0.15, 0.2) is 30.3 Å². The number of halogens is 3. The number of nitrogens with one attached hydrogen (secondary N) is 1. The Morgan fingerprint density at radius 1 is 1.17 bits per heavy atom. The summed E-state index contributed by atoms with van der Waals surface area (Å²) in [5.41, 5.74) is 0. The van der Waals surface area contributed by atoms with Gasteiger partial charge in [0.05, 0.1) is 0 Å². The fourth-order valence-electron chi connectivity index (χ4n) is 1.27. The fourth-order valence-corrected chi connectivity index (χ4v) is 1.27. The van der Waals surface area contributed by atoms with Gasteiger partial charge >= 0.3 is 12.3 Å². The predicted octanol–water partition coefficient (Wildman–Crippen LogP) is 3.51. The molecule has 18 heavy (non-hydrogen) atoms. The molecule has 0 saturated heterocycles. The number of hydrogen-bond donors (Lipinski definition) is 1. The predicted molar refractivity (Wildman–Crippen MR) is 60.4 cm³/mol. The first-order chi connectivity index (χ1) is 8.47. The van der Waals surface area contributed by atoms with Gasteiger partial charge in [-0.25, -0.2) is 4.79 Å². The van der Waals surface area contributed by atoms with Crippen molar-refractivity contribution in [3.05, 3.63) is 30.3 Å². The van der Waals surface area contributed by atoms with Crippen LogP contribution in [0.25, 0.3) is 0 Å². The first-order valence-corrected chi connectivity index (χ1v) is 5.55. The van der Waals surface area contributed by atoms with Gasteiger partial charge in [0.15, 0.2) is 0 Å². The molecule has 1 aromatic carbocycles. The van der Waals surface area contributed by atoms with E-state index in [-0.39, 0.29) is 19.4 Å². The van der Waals surface area contributed by atoms with Crippen LogP contribution in [0.4, 0.5) is 18.0 Å². The van der Waals surface area contributed by atoms with E-state index >= 15 is 0 Å². The number of para-hydroxylation sites is 1. The van der Waals surface area contributed by atoms with Gasteiger partial charge in [-0.15, -0.1) is 0 Å². The van der Waals surface area contributed by atoms with Crippen molar-refractivity contribution >= 4 is 6.09 Å². The Balaban J connectivity index is 2.11. The normalized spacial score (nSPS) is 11.1. The lowest BCUT2D eigenvalue weighted by atomic mass is 10.2. The van der Waals surface area contributed by atoms with E-state index in [1.165, 1.54) is 0 Å². The van der Waals surface area contributed by atoms with Crippen LogP contribution in [-0.2, 0) is 0 Å². The number of amides is 1. The van der Waals surface area contributed by atoms with Gasteiger partial charge in [0.25, 0.3) is 0 Å². The number of rotatable bonds is 5. The first-order valence-electron chi connectivity index (χ1n) is 5.55. The minimum absolute atomic E-state index is 0.00484. The summed E-state index contributed by atoms with van der Waals surface area (Å²) in [5, 5.41) is 2.39. The average molecular weight is 261 g/mol. The summed E-state index contributed by atoms with van der Waals surface area (Å²) in [4.78, 5) is 11.2. The molecule has 1 aromatic rings. The molecular weight excluding hydrogens is 247 g/mol. The number of unbranched alkanes of at least 4 members (excludes halogenated alkanes) is 1. The third-order valence-electron chi connectivity index (χ3n) is 2.11. The average Bonchev–Trinajstić information content (AvgIpc) is 2.28. The third-order valence-corrected chi connectivity index (χ3v) is 2.11. The molecule has 1 amide bonds. The monoisotopic (exact) mass is 261 g/mol. The van der Waals surface area contributed by atoms with Gasteiger partial charge in [-0.1, -0.05) is 18.2 Å². The van der Waals surface area contributed by atoms with Crippen LogP contribution in [0.2, 0.25) is 0 Å². The Hall–Kier alpha value is -1.72. The fraction of sp³-hybridized carbons (Fsp3) is 0.417. The molecular formula is C12H14F3NO2. The number of ether oxygens (including phenoxy) is 1. The van der Waals surface area contributed by atoms with Crippen molar-refractivity contribution in [2.75, 3.05) is 6.54 Å². The smallest absolute Gasteiger partial charge is 0.410 e. The van der Waals surface area contributed by atoms with E-state index in [2.05, 4.69) is 5.32 Å².